The molecule has 1 amide bonds. The number of furan rings is 1. The first-order valence-corrected chi connectivity index (χ1v) is 12.7. The molecular weight excluding hydrogens is 464 g/mol. The summed E-state index contributed by atoms with van der Waals surface area (Å²) in [4.78, 5) is 12.4. The molecule has 1 fully saturated rings. The fourth-order valence-electron chi connectivity index (χ4n) is 3.87. The number of rotatable bonds is 6. The summed E-state index contributed by atoms with van der Waals surface area (Å²) < 4.78 is 38.8. The van der Waals surface area contributed by atoms with Crippen LogP contribution in [-0.2, 0) is 14.8 Å². The van der Waals surface area contributed by atoms with Crippen molar-refractivity contribution in [1.29, 1.82) is 0 Å². The Labute approximate surface area is 196 Å². The summed E-state index contributed by atoms with van der Waals surface area (Å²) in [7, 11) is -4.12. The Morgan fingerprint density at radius 3 is 2.55 bits per heavy atom. The summed E-state index contributed by atoms with van der Waals surface area (Å²) in [6, 6.07) is 14.3. The standard InChI is InChI=1S/C23H24N2O6S2/c1-23(2)21(22(26)24-27)25(12-14-32-23)33(28,29)20-6-4-3-5-19(20)31-18-9-7-16(8-10-18)17-11-13-30-15-17/h3-11,13,15,21,27H,12,14H2,1-2H3,(H,24,26)/t21-/m1/s1. The molecule has 2 N–H and O–H groups in total. The second-order valence-electron chi connectivity index (χ2n) is 8.03. The average Bonchev–Trinajstić information content (AvgIpc) is 3.33. The number of carbonyl (C=O) groups is 1. The first-order valence-electron chi connectivity index (χ1n) is 10.2. The van der Waals surface area contributed by atoms with Gasteiger partial charge in [-0.2, -0.15) is 16.1 Å². The molecule has 1 aromatic heterocycles. The van der Waals surface area contributed by atoms with Crippen LogP contribution in [0.3, 0.4) is 0 Å². The summed E-state index contributed by atoms with van der Waals surface area (Å²) in [6.45, 7) is 3.69. The van der Waals surface area contributed by atoms with E-state index in [0.29, 0.717) is 11.5 Å². The minimum absolute atomic E-state index is 0.0534. The Kier molecular flexibility index (Phi) is 6.53. The fraction of sp³-hybridized carbons (Fsp3) is 0.261. The van der Waals surface area contributed by atoms with Crippen molar-refractivity contribution < 1.29 is 27.6 Å². The minimum Gasteiger partial charge on any atom is -0.472 e. The van der Waals surface area contributed by atoms with Gasteiger partial charge in [-0.25, -0.2) is 13.9 Å². The molecule has 0 spiro atoms. The highest BCUT2D eigenvalue weighted by Gasteiger charge is 2.48. The number of nitrogens with zero attached hydrogens (tertiary/aromatic N) is 1. The van der Waals surface area contributed by atoms with Crippen LogP contribution in [0.25, 0.3) is 11.1 Å². The monoisotopic (exact) mass is 488 g/mol. The van der Waals surface area contributed by atoms with Crippen molar-refractivity contribution in [2.24, 2.45) is 0 Å². The highest BCUT2D eigenvalue weighted by atomic mass is 32.2. The SMILES string of the molecule is CC1(C)SCCN(S(=O)(=O)c2ccccc2Oc2ccc(-c3ccoc3)cc2)[C@@H]1C(=O)NO. The highest BCUT2D eigenvalue weighted by molar-refractivity contribution is 8.01. The molecule has 3 aromatic rings. The second kappa shape index (κ2) is 9.22. The van der Waals surface area contributed by atoms with Gasteiger partial charge in [0.2, 0.25) is 10.0 Å². The average molecular weight is 489 g/mol. The van der Waals surface area contributed by atoms with Crippen LogP contribution in [-0.4, -0.2) is 46.9 Å². The van der Waals surface area contributed by atoms with Crippen LogP contribution < -0.4 is 10.2 Å². The molecule has 0 radical (unpaired) electrons. The number of para-hydroxylation sites is 1. The molecule has 8 nitrogen and oxygen atoms in total. The van der Waals surface area contributed by atoms with Gasteiger partial charge in [-0.05, 0) is 49.7 Å². The normalized spacial score (nSPS) is 18.6. The van der Waals surface area contributed by atoms with Gasteiger partial charge in [0.15, 0.2) is 0 Å². The van der Waals surface area contributed by atoms with Crippen molar-refractivity contribution in [3.8, 4) is 22.6 Å². The van der Waals surface area contributed by atoms with E-state index < -0.39 is 26.7 Å². The molecule has 174 valence electrons. The number of ether oxygens (including phenoxy) is 1. The lowest BCUT2D eigenvalue weighted by atomic mass is 10.0. The number of sulfonamides is 1. The summed E-state index contributed by atoms with van der Waals surface area (Å²) in [5, 5.41) is 9.25. The van der Waals surface area contributed by atoms with Crippen molar-refractivity contribution in [2.75, 3.05) is 12.3 Å². The van der Waals surface area contributed by atoms with E-state index >= 15 is 0 Å². The molecule has 1 atom stereocenters. The van der Waals surface area contributed by atoms with Gasteiger partial charge in [-0.1, -0.05) is 24.3 Å². The first-order chi connectivity index (χ1) is 15.7. The lowest BCUT2D eigenvalue weighted by Gasteiger charge is -2.43. The molecule has 1 saturated heterocycles. The predicted octanol–water partition coefficient (Wildman–Crippen LogP) is 4.13. The summed E-state index contributed by atoms with van der Waals surface area (Å²) in [6.07, 6.45) is 3.22. The zero-order valence-electron chi connectivity index (χ0n) is 18.1. The third kappa shape index (κ3) is 4.65. The van der Waals surface area contributed by atoms with Crippen LogP contribution in [0.15, 0.2) is 76.4 Å². The molecule has 0 aliphatic carbocycles. The lowest BCUT2D eigenvalue weighted by molar-refractivity contribution is -0.134. The van der Waals surface area contributed by atoms with E-state index in [1.165, 1.54) is 17.8 Å². The van der Waals surface area contributed by atoms with Gasteiger partial charge in [0.05, 0.1) is 12.5 Å². The molecule has 1 aliphatic rings. The molecule has 1 aliphatic heterocycles. The van der Waals surface area contributed by atoms with E-state index in [1.54, 1.807) is 62.2 Å². The van der Waals surface area contributed by atoms with Crippen LogP contribution in [0.2, 0.25) is 0 Å². The summed E-state index contributed by atoms with van der Waals surface area (Å²) in [5.74, 6) is 0.348. The third-order valence-electron chi connectivity index (χ3n) is 5.46. The number of thioether (sulfide) groups is 1. The Balaban J connectivity index is 1.66. The number of hydrogen-bond donors (Lipinski definition) is 2. The van der Waals surface area contributed by atoms with E-state index in [4.69, 9.17) is 9.15 Å². The molecular formula is C23H24N2O6S2. The van der Waals surface area contributed by atoms with E-state index in [0.717, 1.165) is 15.4 Å². The van der Waals surface area contributed by atoms with Gasteiger partial charge in [0, 0.05) is 22.6 Å². The van der Waals surface area contributed by atoms with Crippen LogP contribution in [0, 0.1) is 0 Å². The maximum atomic E-state index is 13.7. The first kappa shape index (κ1) is 23.4. The Hall–Kier alpha value is -2.79. The number of benzene rings is 2. The second-order valence-corrected chi connectivity index (χ2v) is 11.6. The van der Waals surface area contributed by atoms with Crippen LogP contribution in [0.1, 0.15) is 13.8 Å². The largest absolute Gasteiger partial charge is 0.472 e. The zero-order chi connectivity index (χ0) is 23.6. The fourth-order valence-corrected chi connectivity index (χ4v) is 7.09. The topological polar surface area (TPSA) is 109 Å². The molecule has 10 heteroatoms. The Morgan fingerprint density at radius 2 is 1.88 bits per heavy atom. The maximum Gasteiger partial charge on any atom is 0.263 e. The maximum absolute atomic E-state index is 13.7. The van der Waals surface area contributed by atoms with Gasteiger partial charge >= 0.3 is 0 Å². The van der Waals surface area contributed by atoms with Crippen molar-refractivity contribution >= 4 is 27.7 Å². The van der Waals surface area contributed by atoms with Crippen LogP contribution >= 0.6 is 11.8 Å². The van der Waals surface area contributed by atoms with Crippen molar-refractivity contribution in [3.05, 3.63) is 67.1 Å². The number of amides is 1. The van der Waals surface area contributed by atoms with E-state index in [2.05, 4.69) is 0 Å². The van der Waals surface area contributed by atoms with Gasteiger partial charge in [-0.3, -0.25) is 10.0 Å². The van der Waals surface area contributed by atoms with Gasteiger partial charge in [0.25, 0.3) is 5.91 Å². The quantitative estimate of drug-likeness (QED) is 0.397. The van der Waals surface area contributed by atoms with Crippen LogP contribution in [0.4, 0.5) is 0 Å². The molecule has 0 bridgehead atoms. The number of hydrogen-bond acceptors (Lipinski definition) is 7. The number of nitrogens with one attached hydrogen (secondary N) is 1. The molecule has 2 heterocycles. The zero-order valence-corrected chi connectivity index (χ0v) is 19.7. The van der Waals surface area contributed by atoms with Crippen LogP contribution in [0.5, 0.6) is 11.5 Å². The third-order valence-corrected chi connectivity index (χ3v) is 8.72. The number of carbonyl (C=O) groups excluding carboxylic acids is 1. The Bertz CT molecular complexity index is 1220. The van der Waals surface area contributed by atoms with Gasteiger partial charge in [-0.15, -0.1) is 0 Å². The van der Waals surface area contributed by atoms with Crippen molar-refractivity contribution in [1.82, 2.24) is 9.79 Å². The molecule has 2 aromatic carbocycles. The molecule has 33 heavy (non-hydrogen) atoms. The summed E-state index contributed by atoms with van der Waals surface area (Å²) in [5.41, 5.74) is 3.47. The van der Waals surface area contributed by atoms with E-state index in [-0.39, 0.29) is 17.2 Å². The van der Waals surface area contributed by atoms with Gasteiger partial charge in [0.1, 0.15) is 22.4 Å². The van der Waals surface area contributed by atoms with E-state index in [1.807, 2.05) is 18.2 Å². The highest BCUT2D eigenvalue weighted by Crippen LogP contribution is 2.40. The predicted molar refractivity (Wildman–Crippen MR) is 125 cm³/mol. The van der Waals surface area contributed by atoms with Crippen molar-refractivity contribution in [3.63, 3.8) is 0 Å². The summed E-state index contributed by atoms with van der Waals surface area (Å²) >= 11 is 1.48. The lowest BCUT2D eigenvalue weighted by Crippen LogP contribution is -2.61. The van der Waals surface area contributed by atoms with Gasteiger partial charge < -0.3 is 9.15 Å². The van der Waals surface area contributed by atoms with E-state index in [9.17, 15) is 18.4 Å². The minimum atomic E-state index is -4.12. The smallest absolute Gasteiger partial charge is 0.263 e. The molecule has 4 rings (SSSR count). The molecule has 0 unspecified atom stereocenters. The van der Waals surface area contributed by atoms with Crippen molar-refractivity contribution in [2.45, 2.75) is 29.5 Å². The number of hydroxylamine groups is 1. The molecule has 0 saturated carbocycles. The Morgan fingerprint density at radius 1 is 1.15 bits per heavy atom.